The molecule has 9 nitrogen and oxygen atoms in total. The summed E-state index contributed by atoms with van der Waals surface area (Å²) >= 11 is 0. The highest BCUT2D eigenvalue weighted by Gasteiger charge is 2.37. The van der Waals surface area contributed by atoms with Crippen LogP contribution in [-0.4, -0.2) is 60.1 Å². The highest BCUT2D eigenvalue weighted by molar-refractivity contribution is 7.94. The van der Waals surface area contributed by atoms with Gasteiger partial charge in [-0.25, -0.2) is 25.9 Å². The number of rotatable bonds is 10. The first-order valence-electron chi connectivity index (χ1n) is 10.7. The summed E-state index contributed by atoms with van der Waals surface area (Å²) in [6.07, 6.45) is -0.142. The van der Waals surface area contributed by atoms with Crippen LogP contribution in [0, 0.1) is 0 Å². The van der Waals surface area contributed by atoms with Gasteiger partial charge in [0.15, 0.2) is 0 Å². The Bertz CT molecular complexity index is 1200. The molecule has 0 aromatic heterocycles. The molecule has 1 unspecified atom stereocenters. The van der Waals surface area contributed by atoms with Crippen molar-refractivity contribution >= 4 is 31.6 Å². The number of methoxy groups -OCH3 is 1. The molecule has 1 aliphatic heterocycles. The minimum absolute atomic E-state index is 0.0259. The molecule has 0 aliphatic carbocycles. The Morgan fingerprint density at radius 1 is 1.12 bits per heavy atom. The van der Waals surface area contributed by atoms with Crippen molar-refractivity contribution in [3.8, 4) is 5.75 Å². The molecule has 1 heterocycles. The molecule has 1 fully saturated rings. The average molecular weight is 496 g/mol. The molecule has 0 saturated carbocycles. The number of ether oxygens (including phenoxy) is 1. The van der Waals surface area contributed by atoms with Gasteiger partial charge in [-0.15, -0.1) is 0 Å². The summed E-state index contributed by atoms with van der Waals surface area (Å²) in [5, 5.41) is 0. The minimum atomic E-state index is -4.10. The highest BCUT2D eigenvalue weighted by Crippen LogP contribution is 2.33. The third-order valence-corrected chi connectivity index (χ3v) is 8.79. The van der Waals surface area contributed by atoms with Gasteiger partial charge in [0.05, 0.1) is 18.6 Å². The van der Waals surface area contributed by atoms with E-state index in [-0.39, 0.29) is 41.1 Å². The predicted octanol–water partition coefficient (Wildman–Crippen LogP) is 2.12. The van der Waals surface area contributed by atoms with Gasteiger partial charge in [-0.05, 0) is 36.9 Å². The van der Waals surface area contributed by atoms with Crippen molar-refractivity contribution in [1.29, 1.82) is 0 Å². The summed E-state index contributed by atoms with van der Waals surface area (Å²) in [6, 6.07) is 13.3. The summed E-state index contributed by atoms with van der Waals surface area (Å²) in [7, 11) is -6.60. The van der Waals surface area contributed by atoms with E-state index in [1.54, 1.807) is 0 Å². The first-order chi connectivity index (χ1) is 15.6. The van der Waals surface area contributed by atoms with Gasteiger partial charge in [0.2, 0.25) is 26.0 Å². The van der Waals surface area contributed by atoms with Crippen molar-refractivity contribution in [1.82, 2.24) is 9.62 Å². The molecule has 1 amide bonds. The number of hydrogen-bond donors (Lipinski definition) is 1. The summed E-state index contributed by atoms with van der Waals surface area (Å²) < 4.78 is 59.7. The summed E-state index contributed by atoms with van der Waals surface area (Å²) in [6.45, 7) is 5.57. The lowest BCUT2D eigenvalue weighted by Gasteiger charge is -2.30. The van der Waals surface area contributed by atoms with Crippen LogP contribution in [0.2, 0.25) is 0 Å². The minimum Gasteiger partial charge on any atom is -0.495 e. The van der Waals surface area contributed by atoms with Gasteiger partial charge in [0.25, 0.3) is 0 Å². The van der Waals surface area contributed by atoms with Gasteiger partial charge in [-0.2, -0.15) is 0 Å². The van der Waals surface area contributed by atoms with E-state index in [9.17, 15) is 21.6 Å². The Hall–Kier alpha value is -2.47. The number of nitrogens with one attached hydrogen (secondary N) is 1. The molecule has 1 N–H and O–H groups in total. The number of anilines is 1. The molecule has 2 aromatic rings. The molecule has 3 rings (SSSR count). The van der Waals surface area contributed by atoms with Crippen molar-refractivity contribution in [3.63, 3.8) is 0 Å². The molecular formula is C22H29N3O6S2. The van der Waals surface area contributed by atoms with Crippen molar-refractivity contribution < 1.29 is 26.4 Å². The van der Waals surface area contributed by atoms with Crippen LogP contribution in [0.5, 0.6) is 5.75 Å². The molecule has 180 valence electrons. The molecule has 2 aromatic carbocycles. The lowest BCUT2D eigenvalue weighted by Crippen LogP contribution is -2.38. The van der Waals surface area contributed by atoms with Crippen molar-refractivity contribution in [3.05, 3.63) is 54.1 Å². The lowest BCUT2D eigenvalue weighted by molar-refractivity contribution is -0.116. The standard InChI is InChI=1S/C22H29N3O6S2/c1-4-24(5-2)19(17-9-7-6-8-10-17)16-23-33(29,30)21-15-18(11-12-20(21)31-3)25-22(26)13-14-32(25,27)28/h6-12,15,19,23H,4-5,13-14,16H2,1-3H3. The maximum atomic E-state index is 13.3. The van der Waals surface area contributed by atoms with E-state index >= 15 is 0 Å². The third kappa shape index (κ3) is 5.37. The van der Waals surface area contributed by atoms with Gasteiger partial charge in [0.1, 0.15) is 10.6 Å². The fraction of sp³-hybridized carbons (Fsp3) is 0.409. The van der Waals surface area contributed by atoms with Crippen molar-refractivity contribution in [2.45, 2.75) is 31.2 Å². The van der Waals surface area contributed by atoms with E-state index in [0.717, 1.165) is 24.7 Å². The number of likely N-dealkylation sites (N-methyl/N-ethyl adjacent to an activating group) is 1. The molecule has 0 bridgehead atoms. The third-order valence-electron chi connectivity index (χ3n) is 5.65. The Morgan fingerprint density at radius 3 is 2.33 bits per heavy atom. The largest absolute Gasteiger partial charge is 0.495 e. The zero-order valence-electron chi connectivity index (χ0n) is 18.9. The second-order valence-electron chi connectivity index (χ2n) is 7.56. The quantitative estimate of drug-likeness (QED) is 0.537. The first-order valence-corrected chi connectivity index (χ1v) is 13.8. The van der Waals surface area contributed by atoms with Crippen LogP contribution in [0.4, 0.5) is 5.69 Å². The van der Waals surface area contributed by atoms with Gasteiger partial charge in [0, 0.05) is 19.0 Å². The molecule has 1 saturated heterocycles. The number of amides is 1. The van der Waals surface area contributed by atoms with E-state index in [1.165, 1.54) is 19.2 Å². The second kappa shape index (κ2) is 10.2. The number of carbonyl (C=O) groups excluding carboxylic acids is 1. The monoisotopic (exact) mass is 495 g/mol. The number of benzene rings is 2. The molecule has 0 spiro atoms. The van der Waals surface area contributed by atoms with Crippen LogP contribution < -0.4 is 13.8 Å². The van der Waals surface area contributed by atoms with Gasteiger partial charge >= 0.3 is 0 Å². The molecular weight excluding hydrogens is 466 g/mol. The van der Waals surface area contributed by atoms with E-state index in [2.05, 4.69) is 9.62 Å². The second-order valence-corrected chi connectivity index (χ2v) is 11.2. The lowest BCUT2D eigenvalue weighted by atomic mass is 10.1. The number of carbonyl (C=O) groups is 1. The molecule has 1 atom stereocenters. The van der Waals surface area contributed by atoms with Crippen LogP contribution in [0.15, 0.2) is 53.4 Å². The topological polar surface area (TPSA) is 113 Å². The van der Waals surface area contributed by atoms with Crippen LogP contribution in [0.1, 0.15) is 31.9 Å². The summed E-state index contributed by atoms with van der Waals surface area (Å²) in [4.78, 5) is 14.1. The summed E-state index contributed by atoms with van der Waals surface area (Å²) in [5.41, 5.74) is 0.945. The van der Waals surface area contributed by atoms with Crippen LogP contribution in [0.3, 0.4) is 0 Å². The van der Waals surface area contributed by atoms with Gasteiger partial charge in [-0.3, -0.25) is 9.69 Å². The zero-order chi connectivity index (χ0) is 24.2. The predicted molar refractivity (Wildman–Crippen MR) is 126 cm³/mol. The fourth-order valence-electron chi connectivity index (χ4n) is 3.93. The van der Waals surface area contributed by atoms with E-state index in [0.29, 0.717) is 4.31 Å². The highest BCUT2D eigenvalue weighted by atomic mass is 32.2. The van der Waals surface area contributed by atoms with Crippen LogP contribution in [0.25, 0.3) is 0 Å². The number of sulfonamides is 2. The SMILES string of the molecule is CCN(CC)C(CNS(=O)(=O)c1cc(N2C(=O)CCS2(=O)=O)ccc1OC)c1ccccc1. The van der Waals surface area contributed by atoms with E-state index in [4.69, 9.17) is 4.74 Å². The fourth-order valence-corrected chi connectivity index (χ4v) is 6.61. The zero-order valence-corrected chi connectivity index (χ0v) is 20.5. The van der Waals surface area contributed by atoms with E-state index < -0.39 is 26.0 Å². The normalized spacial score (nSPS) is 16.8. The Morgan fingerprint density at radius 2 is 1.79 bits per heavy atom. The molecule has 0 radical (unpaired) electrons. The van der Waals surface area contributed by atoms with Crippen LogP contribution in [-0.2, 0) is 24.8 Å². The van der Waals surface area contributed by atoms with Crippen molar-refractivity contribution in [2.75, 3.05) is 36.8 Å². The molecule has 11 heteroatoms. The maximum Gasteiger partial charge on any atom is 0.244 e. The Balaban J connectivity index is 1.95. The Labute approximate surface area is 195 Å². The van der Waals surface area contributed by atoms with Gasteiger partial charge < -0.3 is 4.74 Å². The van der Waals surface area contributed by atoms with E-state index in [1.807, 2.05) is 44.2 Å². The Kier molecular flexibility index (Phi) is 7.78. The summed E-state index contributed by atoms with van der Waals surface area (Å²) in [5.74, 6) is -0.850. The average Bonchev–Trinajstić information content (AvgIpc) is 3.08. The number of hydrogen-bond acceptors (Lipinski definition) is 7. The smallest absolute Gasteiger partial charge is 0.244 e. The first kappa shape index (κ1) is 25.2. The maximum absolute atomic E-state index is 13.3. The molecule has 1 aliphatic rings. The molecule has 33 heavy (non-hydrogen) atoms. The van der Waals surface area contributed by atoms with Gasteiger partial charge in [-0.1, -0.05) is 44.2 Å². The van der Waals surface area contributed by atoms with Crippen molar-refractivity contribution in [2.24, 2.45) is 0 Å². The number of nitrogens with zero attached hydrogens (tertiary/aromatic N) is 2. The van der Waals surface area contributed by atoms with Crippen LogP contribution >= 0.6 is 0 Å².